The molecule has 0 saturated heterocycles. The Morgan fingerprint density at radius 3 is 2.32 bits per heavy atom. The van der Waals surface area contributed by atoms with Crippen LogP contribution in [0.25, 0.3) is 0 Å². The summed E-state index contributed by atoms with van der Waals surface area (Å²) in [5.74, 6) is -3.79. The van der Waals surface area contributed by atoms with E-state index in [1.54, 1.807) is 0 Å². The highest BCUT2D eigenvalue weighted by atomic mass is 32.1. The Kier molecular flexibility index (Phi) is 3.57. The van der Waals surface area contributed by atoms with Gasteiger partial charge in [0, 0.05) is 11.8 Å². The number of carboxylic acids is 1. The van der Waals surface area contributed by atoms with Gasteiger partial charge in [-0.2, -0.15) is 0 Å². The highest BCUT2D eigenvalue weighted by Crippen LogP contribution is 2.19. The van der Waals surface area contributed by atoms with E-state index in [4.69, 9.17) is 5.11 Å². The first-order chi connectivity index (χ1) is 8.97. The number of carbonyl (C=O) groups excluding carboxylic acids is 1. The van der Waals surface area contributed by atoms with E-state index in [2.05, 4.69) is 5.32 Å². The zero-order valence-electron chi connectivity index (χ0n) is 9.31. The van der Waals surface area contributed by atoms with Crippen LogP contribution in [0.3, 0.4) is 0 Å². The Labute approximate surface area is 110 Å². The Morgan fingerprint density at radius 2 is 1.74 bits per heavy atom. The van der Waals surface area contributed by atoms with Gasteiger partial charge in [0.1, 0.15) is 4.88 Å². The summed E-state index contributed by atoms with van der Waals surface area (Å²) in [5.41, 5.74) is 0.0918. The van der Waals surface area contributed by atoms with E-state index in [-0.39, 0.29) is 15.4 Å². The van der Waals surface area contributed by atoms with E-state index in [0.717, 1.165) is 23.5 Å². The summed E-state index contributed by atoms with van der Waals surface area (Å²) in [6.45, 7) is 0. The molecule has 0 saturated carbocycles. The fourth-order valence-electron chi connectivity index (χ4n) is 1.34. The molecule has 0 fully saturated rings. The first-order valence-corrected chi connectivity index (χ1v) is 5.88. The fourth-order valence-corrected chi connectivity index (χ4v) is 2.08. The molecule has 4 nitrogen and oxygen atoms in total. The normalized spacial score (nSPS) is 10.2. The Hall–Kier alpha value is -2.28. The van der Waals surface area contributed by atoms with Gasteiger partial charge in [-0.1, -0.05) is 0 Å². The lowest BCUT2D eigenvalue weighted by molar-refractivity contribution is 0.0702. The first kappa shape index (κ1) is 13.2. The van der Waals surface area contributed by atoms with Crippen molar-refractivity contribution < 1.29 is 23.5 Å². The predicted octanol–water partition coefficient (Wildman–Crippen LogP) is 2.98. The van der Waals surface area contributed by atoms with E-state index in [1.807, 2.05) is 0 Å². The lowest BCUT2D eigenvalue weighted by Crippen LogP contribution is -2.10. The molecule has 1 amide bonds. The first-order valence-electron chi connectivity index (χ1n) is 5.07. The Morgan fingerprint density at radius 1 is 1.05 bits per heavy atom. The van der Waals surface area contributed by atoms with Gasteiger partial charge < -0.3 is 10.4 Å². The van der Waals surface area contributed by atoms with Crippen molar-refractivity contribution in [2.45, 2.75) is 0 Å². The van der Waals surface area contributed by atoms with E-state index >= 15 is 0 Å². The third-order valence-electron chi connectivity index (χ3n) is 2.22. The molecule has 98 valence electrons. The summed E-state index contributed by atoms with van der Waals surface area (Å²) < 4.78 is 25.6. The molecule has 0 atom stereocenters. The quantitative estimate of drug-likeness (QED) is 0.910. The third-order valence-corrected chi connectivity index (χ3v) is 3.29. The Bertz CT molecular complexity index is 654. The smallest absolute Gasteiger partial charge is 0.345 e. The highest BCUT2D eigenvalue weighted by Gasteiger charge is 2.13. The Balaban J connectivity index is 2.15. The van der Waals surface area contributed by atoms with Crippen molar-refractivity contribution in [2.24, 2.45) is 0 Å². The topological polar surface area (TPSA) is 66.4 Å². The maximum atomic E-state index is 12.9. The van der Waals surface area contributed by atoms with E-state index < -0.39 is 23.5 Å². The molecule has 0 unspecified atom stereocenters. The van der Waals surface area contributed by atoms with Gasteiger partial charge in [0.2, 0.25) is 0 Å². The van der Waals surface area contributed by atoms with Gasteiger partial charge in [0.15, 0.2) is 11.6 Å². The largest absolute Gasteiger partial charge is 0.477 e. The zero-order valence-corrected chi connectivity index (χ0v) is 10.1. The van der Waals surface area contributed by atoms with Gasteiger partial charge in [-0.3, -0.25) is 4.79 Å². The number of rotatable bonds is 3. The van der Waals surface area contributed by atoms with Crippen molar-refractivity contribution in [1.29, 1.82) is 0 Å². The average molecular weight is 283 g/mol. The van der Waals surface area contributed by atoms with Crippen LogP contribution in [0.2, 0.25) is 0 Å². The molecule has 1 heterocycles. The second-order valence-corrected chi connectivity index (χ2v) is 4.64. The molecule has 0 aliphatic heterocycles. The van der Waals surface area contributed by atoms with Crippen molar-refractivity contribution in [1.82, 2.24) is 0 Å². The number of carboxylic acid groups (broad SMARTS) is 1. The number of benzene rings is 1. The third kappa shape index (κ3) is 2.94. The molecular formula is C12H7F2NO3S. The van der Waals surface area contributed by atoms with Gasteiger partial charge in [-0.15, -0.1) is 11.3 Å². The van der Waals surface area contributed by atoms with Crippen molar-refractivity contribution >= 4 is 28.9 Å². The van der Waals surface area contributed by atoms with Crippen molar-refractivity contribution in [3.05, 3.63) is 51.7 Å². The number of carbonyl (C=O) groups is 2. The van der Waals surface area contributed by atoms with Crippen LogP contribution in [0.5, 0.6) is 0 Å². The number of hydrogen-bond acceptors (Lipinski definition) is 3. The molecule has 0 aliphatic carbocycles. The number of thiophene rings is 1. The number of amides is 1. The summed E-state index contributed by atoms with van der Waals surface area (Å²) in [7, 11) is 0. The van der Waals surface area contributed by atoms with E-state index in [1.165, 1.54) is 18.2 Å². The molecule has 2 aromatic rings. The van der Waals surface area contributed by atoms with Crippen molar-refractivity contribution in [3.8, 4) is 0 Å². The number of anilines is 1. The van der Waals surface area contributed by atoms with Gasteiger partial charge >= 0.3 is 5.97 Å². The molecule has 0 spiro atoms. The van der Waals surface area contributed by atoms with Gasteiger partial charge in [-0.05, 0) is 24.3 Å². The molecule has 1 aromatic carbocycles. The molecule has 2 N–H and O–H groups in total. The summed E-state index contributed by atoms with van der Waals surface area (Å²) in [6.07, 6.45) is 0. The minimum atomic E-state index is -1.13. The van der Waals surface area contributed by atoms with Crippen LogP contribution in [0.4, 0.5) is 14.5 Å². The molecule has 0 bridgehead atoms. The number of halogens is 2. The summed E-state index contributed by atoms with van der Waals surface area (Å²) in [5, 5.41) is 11.1. The molecule has 7 heteroatoms. The van der Waals surface area contributed by atoms with E-state index in [9.17, 15) is 18.4 Å². The van der Waals surface area contributed by atoms with Gasteiger partial charge in [-0.25, -0.2) is 13.6 Å². The van der Waals surface area contributed by atoms with Crippen LogP contribution in [0.1, 0.15) is 19.3 Å². The molecular weight excluding hydrogens is 276 g/mol. The molecule has 2 rings (SSSR count). The van der Waals surface area contributed by atoms with Crippen LogP contribution in [-0.2, 0) is 0 Å². The fraction of sp³-hybridized carbons (Fsp3) is 0. The van der Waals surface area contributed by atoms with Crippen LogP contribution < -0.4 is 5.32 Å². The van der Waals surface area contributed by atoms with Crippen molar-refractivity contribution in [3.63, 3.8) is 0 Å². The number of hydrogen-bond donors (Lipinski definition) is 2. The standard InChI is InChI=1S/C12H7F2NO3S/c13-7-2-1-6(5-8(7)14)15-11(16)9-3-4-10(19-9)12(17)18/h1-5H,(H,15,16)(H,17,18). The predicted molar refractivity (Wildman–Crippen MR) is 65.6 cm³/mol. The van der Waals surface area contributed by atoms with Crippen LogP contribution >= 0.6 is 11.3 Å². The monoisotopic (exact) mass is 283 g/mol. The van der Waals surface area contributed by atoms with Gasteiger partial charge in [0.25, 0.3) is 5.91 Å². The summed E-state index contributed by atoms with van der Waals surface area (Å²) >= 11 is 0.796. The number of aromatic carboxylic acids is 1. The molecule has 0 radical (unpaired) electrons. The average Bonchev–Trinajstić information content (AvgIpc) is 2.83. The second kappa shape index (κ2) is 5.15. The maximum absolute atomic E-state index is 12.9. The lowest BCUT2D eigenvalue weighted by atomic mass is 10.3. The zero-order chi connectivity index (χ0) is 14.0. The second-order valence-electron chi connectivity index (χ2n) is 3.55. The number of nitrogens with one attached hydrogen (secondary N) is 1. The lowest BCUT2D eigenvalue weighted by Gasteiger charge is -2.03. The minimum absolute atomic E-state index is 0.0236. The SMILES string of the molecule is O=C(O)c1ccc(C(=O)Nc2ccc(F)c(F)c2)s1. The minimum Gasteiger partial charge on any atom is -0.477 e. The molecule has 1 aromatic heterocycles. The highest BCUT2D eigenvalue weighted by molar-refractivity contribution is 7.15. The molecule has 0 aliphatic rings. The van der Waals surface area contributed by atoms with Crippen LogP contribution in [0, 0.1) is 11.6 Å². The maximum Gasteiger partial charge on any atom is 0.345 e. The summed E-state index contributed by atoms with van der Waals surface area (Å²) in [6, 6.07) is 5.60. The summed E-state index contributed by atoms with van der Waals surface area (Å²) in [4.78, 5) is 22.6. The van der Waals surface area contributed by atoms with Crippen LogP contribution in [-0.4, -0.2) is 17.0 Å². The van der Waals surface area contributed by atoms with E-state index in [0.29, 0.717) is 0 Å². The van der Waals surface area contributed by atoms with Gasteiger partial charge in [0.05, 0.1) is 4.88 Å². The molecule has 19 heavy (non-hydrogen) atoms. The van der Waals surface area contributed by atoms with Crippen LogP contribution in [0.15, 0.2) is 30.3 Å². The van der Waals surface area contributed by atoms with Crippen molar-refractivity contribution in [2.75, 3.05) is 5.32 Å².